The van der Waals surface area contributed by atoms with Gasteiger partial charge in [0, 0.05) is 10.9 Å². The molecule has 158 valence electrons. The molecule has 1 saturated heterocycles. The van der Waals surface area contributed by atoms with Crippen molar-refractivity contribution in [2.24, 2.45) is 4.99 Å². The molecule has 1 aliphatic heterocycles. The lowest BCUT2D eigenvalue weighted by molar-refractivity contribution is -0.137. The van der Waals surface area contributed by atoms with Gasteiger partial charge in [0.15, 0.2) is 5.17 Å². The molecule has 2 aromatic carbocycles. The van der Waals surface area contributed by atoms with E-state index in [4.69, 9.17) is 0 Å². The highest BCUT2D eigenvalue weighted by molar-refractivity contribution is 8.18. The number of alkyl halides is 3. The number of amides is 1. The monoisotopic (exact) mass is 461 g/mol. The van der Waals surface area contributed by atoms with Crippen molar-refractivity contribution in [2.75, 3.05) is 0 Å². The molecule has 0 radical (unpaired) electrons. The summed E-state index contributed by atoms with van der Waals surface area (Å²) >= 11 is 2.45. The van der Waals surface area contributed by atoms with Crippen molar-refractivity contribution in [3.05, 3.63) is 75.6 Å². The molecule has 0 spiro atoms. The summed E-state index contributed by atoms with van der Waals surface area (Å²) in [6, 6.07) is 11.5. The van der Waals surface area contributed by atoms with Crippen LogP contribution in [0.5, 0.6) is 5.75 Å². The van der Waals surface area contributed by atoms with Crippen LogP contribution in [0.4, 0.5) is 13.2 Å². The molecule has 0 bridgehead atoms. The Hall–Kier alpha value is -3.11. The number of aliphatic imine (C=N–C) groups is 1. The van der Waals surface area contributed by atoms with E-state index in [1.54, 1.807) is 29.7 Å². The Morgan fingerprint density at radius 2 is 1.94 bits per heavy atom. The average Bonchev–Trinajstić information content (AvgIpc) is 3.33. The Morgan fingerprint density at radius 3 is 2.65 bits per heavy atom. The van der Waals surface area contributed by atoms with Crippen LogP contribution in [0.25, 0.3) is 16.6 Å². The molecule has 4 rings (SSSR count). The number of aromatic hydroxyl groups is 1. The van der Waals surface area contributed by atoms with Gasteiger partial charge in [0.2, 0.25) is 0 Å². The topological polar surface area (TPSA) is 74.6 Å². The fraction of sp³-hybridized carbons (Fsp3) is 0.0952. The Morgan fingerprint density at radius 1 is 1.16 bits per heavy atom. The maximum absolute atomic E-state index is 12.7. The summed E-state index contributed by atoms with van der Waals surface area (Å²) < 4.78 is 38.1. The van der Waals surface area contributed by atoms with Crippen LogP contribution in [0.1, 0.15) is 16.8 Å². The molecule has 31 heavy (non-hydrogen) atoms. The van der Waals surface area contributed by atoms with Gasteiger partial charge in [0.25, 0.3) is 5.91 Å². The van der Waals surface area contributed by atoms with Gasteiger partial charge in [-0.15, -0.1) is 11.3 Å². The van der Waals surface area contributed by atoms with Crippen molar-refractivity contribution in [1.82, 2.24) is 10.3 Å². The third kappa shape index (κ3) is 5.15. The SMILES string of the molecule is O=C1NC(=NCc2cccc(O)c2)SC1=Cc1csc(-c2ccc(C(F)(F)F)cc2)n1. The molecule has 0 saturated carbocycles. The molecule has 2 N–H and O–H groups in total. The first kappa shape index (κ1) is 21.1. The number of amidine groups is 1. The first-order valence-corrected chi connectivity index (χ1v) is 10.6. The van der Waals surface area contributed by atoms with Gasteiger partial charge < -0.3 is 10.4 Å². The molecule has 0 unspecified atom stereocenters. The lowest BCUT2D eigenvalue weighted by Gasteiger charge is -2.06. The summed E-state index contributed by atoms with van der Waals surface area (Å²) in [5.41, 5.74) is 1.19. The number of halogens is 3. The van der Waals surface area contributed by atoms with Gasteiger partial charge in [-0.2, -0.15) is 13.2 Å². The van der Waals surface area contributed by atoms with E-state index in [1.807, 2.05) is 6.07 Å². The van der Waals surface area contributed by atoms with Crippen LogP contribution in [0, 0.1) is 0 Å². The molecule has 2 heterocycles. The highest BCUT2D eigenvalue weighted by Crippen LogP contribution is 2.33. The van der Waals surface area contributed by atoms with Crippen molar-refractivity contribution in [3.63, 3.8) is 0 Å². The van der Waals surface area contributed by atoms with E-state index < -0.39 is 11.7 Å². The van der Waals surface area contributed by atoms with Crippen LogP contribution in [0.2, 0.25) is 0 Å². The zero-order chi connectivity index (χ0) is 22.0. The molecule has 10 heteroatoms. The fourth-order valence-corrected chi connectivity index (χ4v) is 4.33. The average molecular weight is 461 g/mol. The zero-order valence-electron chi connectivity index (χ0n) is 15.7. The van der Waals surface area contributed by atoms with Crippen molar-refractivity contribution in [1.29, 1.82) is 0 Å². The summed E-state index contributed by atoms with van der Waals surface area (Å²) in [6.07, 6.45) is -2.77. The summed E-state index contributed by atoms with van der Waals surface area (Å²) in [5, 5.41) is 14.9. The molecule has 1 amide bonds. The smallest absolute Gasteiger partial charge is 0.416 e. The Labute approximate surface area is 183 Å². The van der Waals surface area contributed by atoms with Crippen LogP contribution >= 0.6 is 23.1 Å². The second kappa shape index (κ2) is 8.56. The molecule has 0 atom stereocenters. The molecular weight excluding hydrogens is 447 g/mol. The lowest BCUT2D eigenvalue weighted by atomic mass is 10.1. The van der Waals surface area contributed by atoms with Crippen molar-refractivity contribution in [2.45, 2.75) is 12.7 Å². The Kier molecular flexibility index (Phi) is 5.84. The lowest BCUT2D eigenvalue weighted by Crippen LogP contribution is -2.19. The van der Waals surface area contributed by atoms with E-state index in [1.165, 1.54) is 35.2 Å². The molecule has 1 aliphatic rings. The van der Waals surface area contributed by atoms with Gasteiger partial charge >= 0.3 is 6.18 Å². The van der Waals surface area contributed by atoms with Crippen molar-refractivity contribution < 1.29 is 23.1 Å². The normalized spacial score (nSPS) is 16.8. The number of carbonyl (C=O) groups excluding carboxylic acids is 1. The number of nitrogens with zero attached hydrogens (tertiary/aromatic N) is 2. The molecule has 1 aromatic heterocycles. The Bertz CT molecular complexity index is 1190. The summed E-state index contributed by atoms with van der Waals surface area (Å²) in [7, 11) is 0. The van der Waals surface area contributed by atoms with Gasteiger partial charge in [-0.1, -0.05) is 24.3 Å². The first-order chi connectivity index (χ1) is 14.8. The molecular formula is C21H14F3N3O2S2. The number of phenols is 1. The van der Waals surface area contributed by atoms with Gasteiger partial charge in [0.05, 0.1) is 22.7 Å². The second-order valence-corrected chi connectivity index (χ2v) is 8.40. The van der Waals surface area contributed by atoms with E-state index in [9.17, 15) is 23.1 Å². The predicted octanol–water partition coefficient (Wildman–Crippen LogP) is 5.29. The predicted molar refractivity (Wildman–Crippen MR) is 116 cm³/mol. The van der Waals surface area contributed by atoms with Crippen LogP contribution in [-0.2, 0) is 17.5 Å². The molecule has 0 aliphatic carbocycles. The van der Waals surface area contributed by atoms with E-state index in [0.717, 1.165) is 17.7 Å². The minimum atomic E-state index is -4.38. The highest BCUT2D eigenvalue weighted by atomic mass is 32.2. The van der Waals surface area contributed by atoms with E-state index in [2.05, 4.69) is 15.3 Å². The van der Waals surface area contributed by atoms with Crippen LogP contribution in [0.3, 0.4) is 0 Å². The number of rotatable bonds is 4. The largest absolute Gasteiger partial charge is 0.508 e. The van der Waals surface area contributed by atoms with Gasteiger partial charge in [-0.3, -0.25) is 9.79 Å². The Balaban J connectivity index is 1.46. The van der Waals surface area contributed by atoms with Gasteiger partial charge in [-0.05, 0) is 47.7 Å². The standard InChI is InChI=1S/C21H14F3N3O2S2/c22-21(23,24)14-6-4-13(5-7-14)19-26-15(11-30-19)9-17-18(29)27-20(31-17)25-10-12-2-1-3-16(28)8-12/h1-9,11,28H,10H2,(H,25,27,29). The number of nitrogens with one attached hydrogen (secondary N) is 1. The first-order valence-electron chi connectivity index (χ1n) is 8.94. The minimum Gasteiger partial charge on any atom is -0.508 e. The third-order valence-electron chi connectivity index (χ3n) is 4.23. The van der Waals surface area contributed by atoms with E-state index in [0.29, 0.717) is 32.9 Å². The molecule has 3 aromatic rings. The van der Waals surface area contributed by atoms with Gasteiger partial charge in [-0.25, -0.2) is 4.98 Å². The van der Waals surface area contributed by atoms with Crippen LogP contribution in [0.15, 0.2) is 63.8 Å². The summed E-state index contributed by atoms with van der Waals surface area (Å²) in [6.45, 7) is 0.305. The zero-order valence-corrected chi connectivity index (χ0v) is 17.3. The number of aromatic nitrogens is 1. The molecule has 1 fully saturated rings. The fourth-order valence-electron chi connectivity index (χ4n) is 2.74. The number of carbonyl (C=O) groups is 1. The number of hydrogen-bond acceptors (Lipinski definition) is 6. The number of phenolic OH excluding ortho intramolecular Hbond substituents is 1. The second-order valence-electron chi connectivity index (χ2n) is 6.51. The van der Waals surface area contributed by atoms with E-state index in [-0.39, 0.29) is 11.7 Å². The van der Waals surface area contributed by atoms with Gasteiger partial charge in [0.1, 0.15) is 10.8 Å². The summed E-state index contributed by atoms with van der Waals surface area (Å²) in [4.78, 5) is 21.4. The third-order valence-corrected chi connectivity index (χ3v) is 6.08. The molecule has 5 nitrogen and oxygen atoms in total. The number of thiazole rings is 1. The minimum absolute atomic E-state index is 0.147. The van der Waals surface area contributed by atoms with E-state index >= 15 is 0 Å². The van der Waals surface area contributed by atoms with Crippen molar-refractivity contribution in [3.8, 4) is 16.3 Å². The van der Waals surface area contributed by atoms with Crippen LogP contribution in [-0.4, -0.2) is 21.2 Å². The maximum Gasteiger partial charge on any atom is 0.416 e. The van der Waals surface area contributed by atoms with Crippen LogP contribution < -0.4 is 5.32 Å². The highest BCUT2D eigenvalue weighted by Gasteiger charge is 2.30. The van der Waals surface area contributed by atoms with Crippen molar-refractivity contribution >= 4 is 40.2 Å². The number of benzene rings is 2. The number of hydrogen-bond donors (Lipinski definition) is 2. The number of thioether (sulfide) groups is 1. The maximum atomic E-state index is 12.7. The quantitative estimate of drug-likeness (QED) is 0.518. The summed E-state index contributed by atoms with van der Waals surface area (Å²) in [5.74, 6) is -0.155.